The number of hydrogen-bond donors (Lipinski definition) is 1. The lowest BCUT2D eigenvalue weighted by molar-refractivity contribution is -0.117. The number of amides is 1. The van der Waals surface area contributed by atoms with E-state index in [1.807, 2.05) is 29.2 Å². The molecule has 2 aromatic heterocycles. The number of rotatable bonds is 7. The van der Waals surface area contributed by atoms with E-state index in [2.05, 4.69) is 16.4 Å². The molecule has 0 saturated heterocycles. The van der Waals surface area contributed by atoms with Crippen molar-refractivity contribution in [3.63, 3.8) is 0 Å². The molecule has 0 aromatic carbocycles. The molecule has 2 aromatic rings. The number of furan rings is 1. The lowest BCUT2D eigenvalue weighted by Crippen LogP contribution is -2.33. The van der Waals surface area contributed by atoms with Crippen molar-refractivity contribution in [3.05, 3.63) is 47.0 Å². The molecule has 2 heterocycles. The third-order valence-electron chi connectivity index (χ3n) is 3.77. The average molecular weight is 337 g/mol. The zero-order valence-corrected chi connectivity index (χ0v) is 14.2. The summed E-state index contributed by atoms with van der Waals surface area (Å²) in [5, 5.41) is 20.7. The molecule has 0 saturated carbocycles. The van der Waals surface area contributed by atoms with Gasteiger partial charge in [-0.15, -0.1) is 0 Å². The van der Waals surface area contributed by atoms with E-state index in [0.29, 0.717) is 36.4 Å². The average Bonchev–Trinajstić information content (AvgIpc) is 2.86. The minimum Gasteiger partial charge on any atom is -0.444 e. The van der Waals surface area contributed by atoms with Crippen molar-refractivity contribution >= 4 is 11.8 Å². The molecule has 0 bridgehead atoms. The molecule has 128 valence electrons. The summed E-state index contributed by atoms with van der Waals surface area (Å²) in [5.74, 6) is 0.460. The van der Waals surface area contributed by atoms with Crippen LogP contribution >= 0.6 is 0 Å². The lowest BCUT2D eigenvalue weighted by atomic mass is 10.2. The van der Waals surface area contributed by atoms with E-state index in [1.54, 1.807) is 20.0 Å². The summed E-state index contributed by atoms with van der Waals surface area (Å²) < 4.78 is 5.45. The first-order valence-electron chi connectivity index (χ1n) is 7.84. The third-order valence-corrected chi connectivity index (χ3v) is 3.77. The molecule has 0 aliphatic rings. The van der Waals surface area contributed by atoms with Gasteiger partial charge in [0, 0.05) is 31.3 Å². The van der Waals surface area contributed by atoms with Gasteiger partial charge in [-0.25, -0.2) is 0 Å². The Morgan fingerprint density at radius 2 is 2.16 bits per heavy atom. The molecule has 25 heavy (non-hydrogen) atoms. The molecular formula is C18H19N5O2. The van der Waals surface area contributed by atoms with Crippen molar-refractivity contribution in [1.29, 1.82) is 10.5 Å². The van der Waals surface area contributed by atoms with Crippen LogP contribution in [0.4, 0.5) is 5.88 Å². The Morgan fingerprint density at radius 3 is 2.80 bits per heavy atom. The molecule has 0 fully saturated rings. The number of carbonyl (C=O) groups excluding carboxylic acids is 1. The normalized spacial score (nSPS) is 10.3. The van der Waals surface area contributed by atoms with Gasteiger partial charge in [-0.3, -0.25) is 20.0 Å². The van der Waals surface area contributed by atoms with Gasteiger partial charge >= 0.3 is 0 Å². The van der Waals surface area contributed by atoms with E-state index >= 15 is 0 Å². The number of aryl methyl sites for hydroxylation is 1. The molecule has 0 aliphatic heterocycles. The van der Waals surface area contributed by atoms with Crippen molar-refractivity contribution in [3.8, 4) is 12.1 Å². The Labute approximate surface area is 146 Å². The SMILES string of the molecule is Cc1oc(NC(=O)CN(CCC#N)Cc2ccccn2)c(C#N)c1C. The fourth-order valence-electron chi connectivity index (χ4n) is 2.36. The smallest absolute Gasteiger partial charge is 0.240 e. The van der Waals surface area contributed by atoms with Crippen LogP contribution in [0.15, 0.2) is 28.8 Å². The maximum Gasteiger partial charge on any atom is 0.240 e. The van der Waals surface area contributed by atoms with Crippen LogP contribution in [0, 0.1) is 36.5 Å². The van der Waals surface area contributed by atoms with Crippen LogP contribution in [-0.2, 0) is 11.3 Å². The fraction of sp³-hybridized carbons (Fsp3) is 0.333. The van der Waals surface area contributed by atoms with Crippen molar-refractivity contribution < 1.29 is 9.21 Å². The maximum atomic E-state index is 12.3. The van der Waals surface area contributed by atoms with Crippen LogP contribution in [-0.4, -0.2) is 28.9 Å². The maximum absolute atomic E-state index is 12.3. The molecular weight excluding hydrogens is 318 g/mol. The number of pyridine rings is 1. The Balaban J connectivity index is 2.05. The lowest BCUT2D eigenvalue weighted by Gasteiger charge is -2.19. The summed E-state index contributed by atoms with van der Waals surface area (Å²) in [7, 11) is 0. The van der Waals surface area contributed by atoms with E-state index in [9.17, 15) is 10.1 Å². The molecule has 1 N–H and O–H groups in total. The van der Waals surface area contributed by atoms with Crippen molar-refractivity contribution in [1.82, 2.24) is 9.88 Å². The molecule has 1 amide bonds. The van der Waals surface area contributed by atoms with Crippen LogP contribution < -0.4 is 5.32 Å². The minimum absolute atomic E-state index is 0.0713. The van der Waals surface area contributed by atoms with Crippen molar-refractivity contribution in [2.45, 2.75) is 26.8 Å². The number of hydrogen-bond acceptors (Lipinski definition) is 6. The van der Waals surface area contributed by atoms with Gasteiger partial charge < -0.3 is 4.42 Å². The topological polar surface area (TPSA) is 106 Å². The molecule has 0 radical (unpaired) electrons. The van der Waals surface area contributed by atoms with Crippen LogP contribution in [0.25, 0.3) is 0 Å². The minimum atomic E-state index is -0.306. The zero-order valence-electron chi connectivity index (χ0n) is 14.2. The first kappa shape index (κ1) is 18.2. The monoisotopic (exact) mass is 337 g/mol. The number of anilines is 1. The van der Waals surface area contributed by atoms with Gasteiger partial charge in [0.05, 0.1) is 18.3 Å². The summed E-state index contributed by atoms with van der Waals surface area (Å²) in [4.78, 5) is 18.4. The summed E-state index contributed by atoms with van der Waals surface area (Å²) in [6.45, 7) is 4.49. The summed E-state index contributed by atoms with van der Waals surface area (Å²) >= 11 is 0. The van der Waals surface area contributed by atoms with E-state index in [-0.39, 0.29) is 18.3 Å². The van der Waals surface area contributed by atoms with Crippen LogP contribution in [0.3, 0.4) is 0 Å². The summed E-state index contributed by atoms with van der Waals surface area (Å²) in [6.07, 6.45) is 1.99. The molecule has 0 unspecified atom stereocenters. The van der Waals surface area contributed by atoms with Crippen molar-refractivity contribution in [2.75, 3.05) is 18.4 Å². The number of carbonyl (C=O) groups is 1. The molecule has 0 spiro atoms. The predicted octanol–water partition coefficient (Wildman–Crippen LogP) is 2.52. The van der Waals surface area contributed by atoms with Gasteiger partial charge in [-0.05, 0) is 26.0 Å². The van der Waals surface area contributed by atoms with Crippen molar-refractivity contribution in [2.24, 2.45) is 0 Å². The van der Waals surface area contributed by atoms with Gasteiger partial charge in [-0.1, -0.05) is 6.07 Å². The number of nitriles is 2. The molecule has 0 atom stereocenters. The first-order valence-corrected chi connectivity index (χ1v) is 7.84. The standard InChI is InChI=1S/C18H19N5O2/c1-13-14(2)25-18(16(13)10-20)22-17(24)12-23(9-5-7-19)11-15-6-3-4-8-21-15/h3-4,6,8H,5,9,11-12H2,1-2H3,(H,22,24). The molecule has 7 nitrogen and oxygen atoms in total. The van der Waals surface area contributed by atoms with E-state index < -0.39 is 0 Å². The Morgan fingerprint density at radius 1 is 1.36 bits per heavy atom. The van der Waals surface area contributed by atoms with Gasteiger partial charge in [0.1, 0.15) is 17.4 Å². The number of nitrogens with zero attached hydrogens (tertiary/aromatic N) is 4. The summed E-state index contributed by atoms with van der Waals surface area (Å²) in [5.41, 5.74) is 1.86. The zero-order chi connectivity index (χ0) is 18.2. The Bertz CT molecular complexity index is 814. The molecule has 7 heteroatoms. The van der Waals surface area contributed by atoms with E-state index in [1.165, 1.54) is 0 Å². The van der Waals surface area contributed by atoms with Crippen LogP contribution in [0.5, 0.6) is 0 Å². The van der Waals surface area contributed by atoms with E-state index in [4.69, 9.17) is 9.68 Å². The second kappa shape index (κ2) is 8.62. The Kier molecular flexibility index (Phi) is 6.27. The number of nitrogens with one attached hydrogen (secondary N) is 1. The highest BCUT2D eigenvalue weighted by Crippen LogP contribution is 2.25. The highest BCUT2D eigenvalue weighted by atomic mass is 16.4. The quantitative estimate of drug-likeness (QED) is 0.832. The fourth-order valence-corrected chi connectivity index (χ4v) is 2.36. The number of aromatic nitrogens is 1. The van der Waals surface area contributed by atoms with Gasteiger partial charge in [0.25, 0.3) is 0 Å². The van der Waals surface area contributed by atoms with E-state index in [0.717, 1.165) is 5.69 Å². The Hall–Kier alpha value is -3.16. The molecule has 0 aliphatic carbocycles. The predicted molar refractivity (Wildman–Crippen MR) is 91.3 cm³/mol. The first-order chi connectivity index (χ1) is 12.0. The highest BCUT2D eigenvalue weighted by molar-refractivity contribution is 5.92. The van der Waals surface area contributed by atoms with Gasteiger partial charge in [0.15, 0.2) is 0 Å². The highest BCUT2D eigenvalue weighted by Gasteiger charge is 2.18. The second-order valence-electron chi connectivity index (χ2n) is 5.59. The third kappa shape index (κ3) is 4.90. The second-order valence-corrected chi connectivity index (χ2v) is 5.59. The van der Waals surface area contributed by atoms with Gasteiger partial charge in [-0.2, -0.15) is 10.5 Å². The largest absolute Gasteiger partial charge is 0.444 e. The molecule has 2 rings (SSSR count). The van der Waals surface area contributed by atoms with Crippen LogP contribution in [0.1, 0.15) is 29.0 Å². The van der Waals surface area contributed by atoms with Crippen LogP contribution in [0.2, 0.25) is 0 Å². The van der Waals surface area contributed by atoms with Gasteiger partial charge in [0.2, 0.25) is 11.8 Å². The summed E-state index contributed by atoms with van der Waals surface area (Å²) in [6, 6.07) is 9.68.